The molecule has 0 unspecified atom stereocenters. The van der Waals surface area contributed by atoms with Gasteiger partial charge in [0.25, 0.3) is 0 Å². The number of nitrogens with zero attached hydrogens (tertiary/aromatic N) is 2. The van der Waals surface area contributed by atoms with Crippen molar-refractivity contribution in [3.05, 3.63) is 53.1 Å². The van der Waals surface area contributed by atoms with Gasteiger partial charge in [-0.25, -0.2) is 8.42 Å². The number of rotatable bonds is 4. The summed E-state index contributed by atoms with van der Waals surface area (Å²) < 4.78 is 38.2. The summed E-state index contributed by atoms with van der Waals surface area (Å²) in [7, 11) is -3.44. The van der Waals surface area contributed by atoms with Gasteiger partial charge >= 0.3 is 0 Å². The lowest BCUT2D eigenvalue weighted by Gasteiger charge is -2.34. The Hall–Kier alpha value is -2.09. The SMILES string of the molecule is Cc1ccc(S(=O)(=O)N2CCN(Cc3ccc4c(c3)OCO4)CC2)cc1C. The van der Waals surface area contributed by atoms with Crippen molar-refractivity contribution >= 4 is 10.0 Å². The molecule has 7 heteroatoms. The molecule has 0 spiro atoms. The molecular formula is C20H24N2O4S. The molecule has 2 aromatic carbocycles. The summed E-state index contributed by atoms with van der Waals surface area (Å²) in [6, 6.07) is 11.3. The molecule has 0 atom stereocenters. The average molecular weight is 388 g/mol. The Morgan fingerprint density at radius 3 is 2.37 bits per heavy atom. The fourth-order valence-corrected chi connectivity index (χ4v) is 4.96. The maximum atomic E-state index is 12.9. The van der Waals surface area contributed by atoms with Crippen LogP contribution in [0.25, 0.3) is 0 Å². The van der Waals surface area contributed by atoms with Crippen molar-refractivity contribution in [2.24, 2.45) is 0 Å². The smallest absolute Gasteiger partial charge is 0.243 e. The Bertz CT molecular complexity index is 950. The van der Waals surface area contributed by atoms with Crippen molar-refractivity contribution in [2.75, 3.05) is 33.0 Å². The highest BCUT2D eigenvalue weighted by atomic mass is 32.2. The molecule has 2 aromatic rings. The summed E-state index contributed by atoms with van der Waals surface area (Å²) in [5, 5.41) is 0. The van der Waals surface area contributed by atoms with Crippen molar-refractivity contribution < 1.29 is 17.9 Å². The van der Waals surface area contributed by atoms with Crippen LogP contribution in [0.2, 0.25) is 0 Å². The molecule has 0 saturated carbocycles. The second-order valence-electron chi connectivity index (χ2n) is 7.11. The first-order chi connectivity index (χ1) is 12.9. The van der Waals surface area contributed by atoms with E-state index in [1.165, 1.54) is 0 Å². The van der Waals surface area contributed by atoms with Gasteiger partial charge in [-0.2, -0.15) is 4.31 Å². The minimum Gasteiger partial charge on any atom is -0.454 e. The van der Waals surface area contributed by atoms with Gasteiger partial charge in [-0.05, 0) is 54.8 Å². The van der Waals surface area contributed by atoms with Crippen molar-refractivity contribution in [1.82, 2.24) is 9.21 Å². The summed E-state index contributed by atoms with van der Waals surface area (Å²) in [6.07, 6.45) is 0. The van der Waals surface area contributed by atoms with Crippen LogP contribution in [0.1, 0.15) is 16.7 Å². The predicted molar refractivity (Wildman–Crippen MR) is 103 cm³/mol. The van der Waals surface area contributed by atoms with Crippen LogP contribution in [-0.2, 0) is 16.6 Å². The molecule has 1 fully saturated rings. The highest BCUT2D eigenvalue weighted by molar-refractivity contribution is 7.89. The number of aryl methyl sites for hydroxylation is 2. The third kappa shape index (κ3) is 3.67. The lowest BCUT2D eigenvalue weighted by Crippen LogP contribution is -2.48. The number of sulfonamides is 1. The Kier molecular flexibility index (Phi) is 4.84. The highest BCUT2D eigenvalue weighted by Crippen LogP contribution is 2.33. The number of fused-ring (bicyclic) bond motifs is 1. The van der Waals surface area contributed by atoms with Gasteiger partial charge < -0.3 is 9.47 Å². The average Bonchev–Trinajstić information content (AvgIpc) is 3.12. The van der Waals surface area contributed by atoms with Crippen LogP contribution >= 0.6 is 0 Å². The zero-order valence-corrected chi connectivity index (χ0v) is 16.5. The van der Waals surface area contributed by atoms with Gasteiger partial charge in [-0.1, -0.05) is 12.1 Å². The van der Waals surface area contributed by atoms with Gasteiger partial charge in [-0.15, -0.1) is 0 Å². The van der Waals surface area contributed by atoms with Crippen molar-refractivity contribution in [3.63, 3.8) is 0 Å². The number of piperazine rings is 1. The highest BCUT2D eigenvalue weighted by Gasteiger charge is 2.28. The van der Waals surface area contributed by atoms with Gasteiger partial charge in [0.1, 0.15) is 0 Å². The molecule has 144 valence electrons. The van der Waals surface area contributed by atoms with Crippen LogP contribution in [0.4, 0.5) is 0 Å². The standard InChI is InChI=1S/C20H24N2O4S/c1-15-3-5-18(11-16(15)2)27(23,24)22-9-7-21(8-10-22)13-17-4-6-19-20(12-17)26-14-25-19/h3-6,11-12H,7-10,13-14H2,1-2H3. The molecule has 0 aliphatic carbocycles. The number of hydrogen-bond acceptors (Lipinski definition) is 5. The van der Waals surface area contributed by atoms with Crippen molar-refractivity contribution in [2.45, 2.75) is 25.3 Å². The molecule has 0 radical (unpaired) electrons. The molecule has 6 nitrogen and oxygen atoms in total. The fourth-order valence-electron chi connectivity index (χ4n) is 3.45. The quantitative estimate of drug-likeness (QED) is 0.806. The van der Waals surface area contributed by atoms with Crippen molar-refractivity contribution in [1.29, 1.82) is 0 Å². The van der Waals surface area contributed by atoms with E-state index in [1.54, 1.807) is 16.4 Å². The second-order valence-corrected chi connectivity index (χ2v) is 9.05. The third-order valence-electron chi connectivity index (χ3n) is 5.29. The summed E-state index contributed by atoms with van der Waals surface area (Å²) >= 11 is 0. The first-order valence-corrected chi connectivity index (χ1v) is 10.6. The first-order valence-electron chi connectivity index (χ1n) is 9.12. The molecule has 27 heavy (non-hydrogen) atoms. The molecular weight excluding hydrogens is 364 g/mol. The molecule has 0 amide bonds. The fraction of sp³-hybridized carbons (Fsp3) is 0.400. The molecule has 0 aromatic heterocycles. The van der Waals surface area contributed by atoms with Gasteiger partial charge in [-0.3, -0.25) is 4.90 Å². The van der Waals surface area contributed by atoms with Crippen LogP contribution in [0, 0.1) is 13.8 Å². The van der Waals surface area contributed by atoms with E-state index in [-0.39, 0.29) is 6.79 Å². The maximum absolute atomic E-state index is 12.9. The molecule has 1 saturated heterocycles. The molecule has 4 rings (SSSR count). The van der Waals surface area contributed by atoms with E-state index in [0.29, 0.717) is 31.1 Å². The van der Waals surface area contributed by atoms with Gasteiger partial charge in [0.05, 0.1) is 4.90 Å². The van der Waals surface area contributed by atoms with Gasteiger partial charge in [0.2, 0.25) is 16.8 Å². The summed E-state index contributed by atoms with van der Waals surface area (Å²) in [6.45, 7) is 7.39. The summed E-state index contributed by atoms with van der Waals surface area (Å²) in [5.74, 6) is 1.56. The van der Waals surface area contributed by atoms with E-state index < -0.39 is 10.0 Å². The van der Waals surface area contributed by atoms with Crippen LogP contribution in [0.5, 0.6) is 11.5 Å². The van der Waals surface area contributed by atoms with Crippen LogP contribution in [-0.4, -0.2) is 50.6 Å². The van der Waals surface area contributed by atoms with Crippen LogP contribution < -0.4 is 9.47 Å². The Labute approximate surface area is 160 Å². The topological polar surface area (TPSA) is 59.1 Å². The molecule has 2 aliphatic heterocycles. The minimum absolute atomic E-state index is 0.272. The lowest BCUT2D eigenvalue weighted by atomic mass is 10.1. The minimum atomic E-state index is -3.44. The van der Waals surface area contributed by atoms with E-state index in [4.69, 9.17) is 9.47 Å². The predicted octanol–water partition coefficient (Wildman–Crippen LogP) is 2.54. The van der Waals surface area contributed by atoms with Gasteiger partial charge in [0.15, 0.2) is 11.5 Å². The summed E-state index contributed by atoms with van der Waals surface area (Å²) in [5.41, 5.74) is 3.24. The van der Waals surface area contributed by atoms with Crippen LogP contribution in [0.15, 0.2) is 41.3 Å². The first kappa shape index (κ1) is 18.3. The Morgan fingerprint density at radius 1 is 0.889 bits per heavy atom. The monoisotopic (exact) mass is 388 g/mol. The van der Waals surface area contributed by atoms with E-state index in [0.717, 1.165) is 34.7 Å². The van der Waals surface area contributed by atoms with E-state index in [9.17, 15) is 8.42 Å². The third-order valence-corrected chi connectivity index (χ3v) is 7.19. The van der Waals surface area contributed by atoms with Crippen LogP contribution in [0.3, 0.4) is 0 Å². The van der Waals surface area contributed by atoms with E-state index >= 15 is 0 Å². The number of benzene rings is 2. The zero-order chi connectivity index (χ0) is 19.0. The van der Waals surface area contributed by atoms with Gasteiger partial charge in [0, 0.05) is 32.7 Å². The zero-order valence-electron chi connectivity index (χ0n) is 15.6. The largest absolute Gasteiger partial charge is 0.454 e. The Morgan fingerprint density at radius 2 is 1.63 bits per heavy atom. The number of ether oxygens (including phenoxy) is 2. The molecule has 2 heterocycles. The molecule has 0 bridgehead atoms. The van der Waals surface area contributed by atoms with E-state index in [1.807, 2.05) is 38.1 Å². The molecule has 0 N–H and O–H groups in total. The second kappa shape index (κ2) is 7.14. The lowest BCUT2D eigenvalue weighted by molar-refractivity contribution is 0.173. The summed E-state index contributed by atoms with van der Waals surface area (Å²) in [4.78, 5) is 2.65. The maximum Gasteiger partial charge on any atom is 0.243 e. The molecule has 2 aliphatic rings. The van der Waals surface area contributed by atoms with Crippen molar-refractivity contribution in [3.8, 4) is 11.5 Å². The number of hydrogen-bond donors (Lipinski definition) is 0. The Balaban J connectivity index is 1.40. The van der Waals surface area contributed by atoms with E-state index in [2.05, 4.69) is 4.90 Å². The normalized spacial score (nSPS) is 18.0.